The number of hydrogen-bond donors (Lipinski definition) is 3. The number of carbonyl (C=O) groups is 1. The van der Waals surface area contributed by atoms with E-state index < -0.39 is 5.91 Å². The quantitative estimate of drug-likeness (QED) is 0.613. The molecular weight excluding hydrogens is 384 g/mol. The highest BCUT2D eigenvalue weighted by Crippen LogP contribution is 2.39. The molecule has 1 amide bonds. The summed E-state index contributed by atoms with van der Waals surface area (Å²) in [5.41, 5.74) is 8.79. The van der Waals surface area contributed by atoms with Crippen molar-refractivity contribution in [2.24, 2.45) is 5.73 Å². The maximum atomic E-state index is 11.9. The van der Waals surface area contributed by atoms with Crippen LogP contribution >= 0.6 is 0 Å². The standard InChI is InChI=1S/C23H30N2O5/c1-28-20-12-15(13-21(29-2)22(20)30-3)10-14-4-9-18(23(24)27)19(11-14)25-16-5-7-17(26)8-6-16/h4,9,11-13,16-17,25-26H,5-8,10H2,1-3H3,(H2,24,27). The van der Waals surface area contributed by atoms with E-state index in [4.69, 9.17) is 19.9 Å². The van der Waals surface area contributed by atoms with Gasteiger partial charge in [0.05, 0.1) is 33.0 Å². The van der Waals surface area contributed by atoms with Crippen molar-refractivity contribution in [1.82, 2.24) is 0 Å². The minimum Gasteiger partial charge on any atom is -0.493 e. The molecule has 2 aromatic rings. The minimum absolute atomic E-state index is 0.211. The number of methoxy groups -OCH3 is 3. The van der Waals surface area contributed by atoms with E-state index in [1.165, 1.54) is 0 Å². The van der Waals surface area contributed by atoms with Gasteiger partial charge in [0.25, 0.3) is 5.91 Å². The first-order valence-electron chi connectivity index (χ1n) is 10.1. The van der Waals surface area contributed by atoms with Crippen LogP contribution in [0.4, 0.5) is 5.69 Å². The molecule has 0 spiro atoms. The molecule has 1 fully saturated rings. The van der Waals surface area contributed by atoms with E-state index in [9.17, 15) is 9.90 Å². The molecule has 30 heavy (non-hydrogen) atoms. The summed E-state index contributed by atoms with van der Waals surface area (Å²) < 4.78 is 16.3. The lowest BCUT2D eigenvalue weighted by Crippen LogP contribution is -2.29. The van der Waals surface area contributed by atoms with Crippen LogP contribution in [0.3, 0.4) is 0 Å². The second-order valence-electron chi connectivity index (χ2n) is 7.60. The molecule has 7 nitrogen and oxygen atoms in total. The van der Waals surface area contributed by atoms with Crippen LogP contribution in [0.5, 0.6) is 17.2 Å². The summed E-state index contributed by atoms with van der Waals surface area (Å²) in [7, 11) is 4.75. The van der Waals surface area contributed by atoms with Crippen molar-refractivity contribution in [3.8, 4) is 17.2 Å². The molecule has 0 aromatic heterocycles. The summed E-state index contributed by atoms with van der Waals surface area (Å²) in [4.78, 5) is 11.9. The lowest BCUT2D eigenvalue weighted by molar-refractivity contribution is 0.100. The van der Waals surface area contributed by atoms with Crippen LogP contribution in [0.15, 0.2) is 30.3 Å². The summed E-state index contributed by atoms with van der Waals surface area (Å²) in [5, 5.41) is 13.2. The minimum atomic E-state index is -0.465. The van der Waals surface area contributed by atoms with Gasteiger partial charge < -0.3 is 30.4 Å². The molecule has 0 unspecified atom stereocenters. The van der Waals surface area contributed by atoms with Gasteiger partial charge in [-0.25, -0.2) is 0 Å². The number of anilines is 1. The number of nitrogens with one attached hydrogen (secondary N) is 1. The molecule has 0 atom stereocenters. The molecule has 0 bridgehead atoms. The fourth-order valence-corrected chi connectivity index (χ4v) is 3.95. The molecule has 7 heteroatoms. The molecule has 4 N–H and O–H groups in total. The topological polar surface area (TPSA) is 103 Å². The SMILES string of the molecule is COc1cc(Cc2ccc(C(N)=O)c(NC3CCC(O)CC3)c2)cc(OC)c1OC. The van der Waals surface area contributed by atoms with Gasteiger partial charge in [0.2, 0.25) is 5.75 Å². The molecule has 3 rings (SSSR count). The van der Waals surface area contributed by atoms with Crippen molar-refractivity contribution in [1.29, 1.82) is 0 Å². The summed E-state index contributed by atoms with van der Waals surface area (Å²) in [6, 6.07) is 9.67. The maximum Gasteiger partial charge on any atom is 0.250 e. The molecule has 0 aliphatic heterocycles. The van der Waals surface area contributed by atoms with Crippen molar-refractivity contribution in [3.05, 3.63) is 47.0 Å². The molecular formula is C23H30N2O5. The second-order valence-corrected chi connectivity index (χ2v) is 7.60. The Balaban J connectivity index is 1.87. The normalized spacial score (nSPS) is 18.5. The number of aliphatic hydroxyl groups excluding tert-OH is 1. The Morgan fingerprint density at radius 3 is 2.17 bits per heavy atom. The predicted molar refractivity (Wildman–Crippen MR) is 116 cm³/mol. The van der Waals surface area contributed by atoms with Crippen molar-refractivity contribution in [3.63, 3.8) is 0 Å². The first kappa shape index (κ1) is 21.8. The number of ether oxygens (including phenoxy) is 3. The number of benzene rings is 2. The van der Waals surface area contributed by atoms with E-state index in [-0.39, 0.29) is 12.1 Å². The van der Waals surface area contributed by atoms with Crippen LogP contribution in [0.25, 0.3) is 0 Å². The summed E-state index contributed by atoms with van der Waals surface area (Å²) in [6.45, 7) is 0. The van der Waals surface area contributed by atoms with Crippen LogP contribution < -0.4 is 25.3 Å². The van der Waals surface area contributed by atoms with Gasteiger partial charge in [-0.1, -0.05) is 6.07 Å². The van der Waals surface area contributed by atoms with Gasteiger partial charge in [0.15, 0.2) is 11.5 Å². The molecule has 0 saturated heterocycles. The first-order valence-corrected chi connectivity index (χ1v) is 10.1. The number of hydrogen-bond acceptors (Lipinski definition) is 6. The molecule has 0 heterocycles. The Morgan fingerprint density at radius 2 is 1.63 bits per heavy atom. The zero-order chi connectivity index (χ0) is 21.7. The Kier molecular flexibility index (Phi) is 7.05. The van der Waals surface area contributed by atoms with Crippen molar-refractivity contribution in [2.75, 3.05) is 26.6 Å². The summed E-state index contributed by atoms with van der Waals surface area (Å²) >= 11 is 0. The number of nitrogens with two attached hydrogens (primary N) is 1. The second kappa shape index (κ2) is 9.71. The smallest absolute Gasteiger partial charge is 0.250 e. The average molecular weight is 415 g/mol. The van der Waals surface area contributed by atoms with Gasteiger partial charge in [-0.05, 0) is 67.5 Å². The van der Waals surface area contributed by atoms with E-state index >= 15 is 0 Å². The zero-order valence-corrected chi connectivity index (χ0v) is 17.7. The average Bonchev–Trinajstić information content (AvgIpc) is 2.74. The summed E-state index contributed by atoms with van der Waals surface area (Å²) in [5.74, 6) is 1.28. The van der Waals surface area contributed by atoms with E-state index in [1.807, 2.05) is 24.3 Å². The number of carbonyl (C=O) groups excluding carboxylic acids is 1. The van der Waals surface area contributed by atoms with Crippen LogP contribution in [-0.2, 0) is 6.42 Å². The van der Waals surface area contributed by atoms with Crippen LogP contribution in [0.1, 0.15) is 47.2 Å². The fraction of sp³-hybridized carbons (Fsp3) is 0.435. The summed E-state index contributed by atoms with van der Waals surface area (Å²) in [6.07, 6.45) is 3.62. The molecule has 2 aromatic carbocycles. The van der Waals surface area contributed by atoms with Gasteiger partial charge in [-0.3, -0.25) is 4.79 Å². The number of rotatable bonds is 8. The molecule has 162 valence electrons. The lowest BCUT2D eigenvalue weighted by atomic mass is 9.92. The number of amides is 1. The molecule has 1 aliphatic carbocycles. The maximum absolute atomic E-state index is 11.9. The molecule has 1 aliphatic rings. The van der Waals surface area contributed by atoms with Crippen LogP contribution in [-0.4, -0.2) is 44.5 Å². The Bertz CT molecular complexity index is 866. The third-order valence-electron chi connectivity index (χ3n) is 5.54. The third-order valence-corrected chi connectivity index (χ3v) is 5.54. The fourth-order valence-electron chi connectivity index (χ4n) is 3.95. The van der Waals surface area contributed by atoms with Gasteiger partial charge in [0, 0.05) is 11.7 Å². The Labute approximate surface area is 177 Å². The lowest BCUT2D eigenvalue weighted by Gasteiger charge is -2.28. The molecule has 1 saturated carbocycles. The van der Waals surface area contributed by atoms with Crippen LogP contribution in [0, 0.1) is 0 Å². The highest BCUT2D eigenvalue weighted by Gasteiger charge is 2.21. The van der Waals surface area contributed by atoms with Gasteiger partial charge >= 0.3 is 0 Å². The van der Waals surface area contributed by atoms with Crippen LogP contribution in [0.2, 0.25) is 0 Å². The van der Waals surface area contributed by atoms with Gasteiger partial charge in [-0.15, -0.1) is 0 Å². The van der Waals surface area contributed by atoms with Crippen molar-refractivity contribution in [2.45, 2.75) is 44.2 Å². The first-order chi connectivity index (χ1) is 14.4. The Hall–Kier alpha value is -2.93. The highest BCUT2D eigenvalue weighted by atomic mass is 16.5. The number of aliphatic hydroxyl groups is 1. The van der Waals surface area contributed by atoms with E-state index in [0.29, 0.717) is 29.2 Å². The third kappa shape index (κ3) is 4.97. The van der Waals surface area contributed by atoms with Gasteiger partial charge in [-0.2, -0.15) is 0 Å². The van der Waals surface area contributed by atoms with Gasteiger partial charge in [0.1, 0.15) is 0 Å². The molecule has 0 radical (unpaired) electrons. The van der Waals surface area contributed by atoms with E-state index in [2.05, 4.69) is 5.32 Å². The highest BCUT2D eigenvalue weighted by molar-refractivity contribution is 5.98. The van der Waals surface area contributed by atoms with Crippen molar-refractivity contribution < 1.29 is 24.1 Å². The predicted octanol–water partition coefficient (Wildman–Crippen LogP) is 3.12. The Morgan fingerprint density at radius 1 is 1.00 bits per heavy atom. The van der Waals surface area contributed by atoms with Crippen molar-refractivity contribution >= 4 is 11.6 Å². The van der Waals surface area contributed by atoms with E-state index in [0.717, 1.165) is 42.5 Å². The number of primary amides is 1. The largest absolute Gasteiger partial charge is 0.493 e. The zero-order valence-electron chi connectivity index (χ0n) is 17.7. The monoisotopic (exact) mass is 414 g/mol. The van der Waals surface area contributed by atoms with E-state index in [1.54, 1.807) is 27.4 Å².